The van der Waals surface area contributed by atoms with Gasteiger partial charge >= 0.3 is 0 Å². The smallest absolute Gasteiger partial charge is 0.100 e. The second kappa shape index (κ2) is 7.27. The number of hydrogen-bond acceptors (Lipinski definition) is 6. The molecule has 128 valence electrons. The van der Waals surface area contributed by atoms with Crippen LogP contribution in [0.2, 0.25) is 0 Å². The Hall–Kier alpha value is -1.34. The van der Waals surface area contributed by atoms with E-state index in [1.165, 1.54) is 6.42 Å². The van der Waals surface area contributed by atoms with Crippen LogP contribution in [0.5, 0.6) is 0 Å². The van der Waals surface area contributed by atoms with E-state index in [9.17, 15) is 0 Å². The normalized spacial score (nSPS) is 27.3. The SMILES string of the molecule is Cc1nc(CO[C@@H]2CN(Cc3ccccn3)[C@H]3CCCO[C@@H]23)cs1. The van der Waals surface area contributed by atoms with Gasteiger partial charge in [0.05, 0.1) is 29.1 Å². The monoisotopic (exact) mass is 345 g/mol. The number of hydrogen-bond donors (Lipinski definition) is 0. The molecule has 5 nitrogen and oxygen atoms in total. The van der Waals surface area contributed by atoms with E-state index in [4.69, 9.17) is 9.47 Å². The summed E-state index contributed by atoms with van der Waals surface area (Å²) in [5, 5.41) is 3.17. The molecule has 2 fully saturated rings. The Bertz CT molecular complexity index is 663. The van der Waals surface area contributed by atoms with E-state index < -0.39 is 0 Å². The zero-order chi connectivity index (χ0) is 16.4. The summed E-state index contributed by atoms with van der Waals surface area (Å²) in [6.07, 6.45) is 4.44. The lowest BCUT2D eigenvalue weighted by molar-refractivity contribution is -0.0823. The van der Waals surface area contributed by atoms with Gasteiger partial charge < -0.3 is 9.47 Å². The third-order valence-corrected chi connectivity index (χ3v) is 5.61. The van der Waals surface area contributed by atoms with E-state index in [1.807, 2.05) is 25.3 Å². The van der Waals surface area contributed by atoms with Crippen LogP contribution in [0.25, 0.3) is 0 Å². The van der Waals surface area contributed by atoms with Gasteiger partial charge in [-0.05, 0) is 31.9 Å². The van der Waals surface area contributed by atoms with Crippen molar-refractivity contribution in [1.82, 2.24) is 14.9 Å². The molecule has 0 unspecified atom stereocenters. The van der Waals surface area contributed by atoms with Gasteiger partial charge in [-0.15, -0.1) is 11.3 Å². The van der Waals surface area contributed by atoms with Crippen LogP contribution in [-0.2, 0) is 22.6 Å². The molecule has 0 aromatic carbocycles. The van der Waals surface area contributed by atoms with Gasteiger partial charge in [-0.1, -0.05) is 6.07 Å². The fourth-order valence-electron chi connectivity index (χ4n) is 3.70. The first-order valence-electron chi connectivity index (χ1n) is 8.58. The zero-order valence-corrected chi connectivity index (χ0v) is 14.7. The quantitative estimate of drug-likeness (QED) is 0.834. The predicted molar refractivity (Wildman–Crippen MR) is 92.8 cm³/mol. The van der Waals surface area contributed by atoms with E-state index in [-0.39, 0.29) is 12.2 Å². The highest BCUT2D eigenvalue weighted by molar-refractivity contribution is 7.09. The summed E-state index contributed by atoms with van der Waals surface area (Å²) in [6, 6.07) is 6.53. The maximum atomic E-state index is 6.20. The van der Waals surface area contributed by atoms with E-state index in [1.54, 1.807) is 11.3 Å². The highest BCUT2D eigenvalue weighted by atomic mass is 32.1. The number of pyridine rings is 1. The Morgan fingerprint density at radius 2 is 2.33 bits per heavy atom. The molecule has 4 heterocycles. The van der Waals surface area contributed by atoms with Gasteiger partial charge in [0.1, 0.15) is 6.10 Å². The molecule has 0 spiro atoms. The van der Waals surface area contributed by atoms with Gasteiger partial charge in [-0.2, -0.15) is 0 Å². The number of aromatic nitrogens is 2. The molecule has 0 saturated carbocycles. The number of aryl methyl sites for hydroxylation is 1. The van der Waals surface area contributed by atoms with Crippen molar-refractivity contribution in [1.29, 1.82) is 0 Å². The summed E-state index contributed by atoms with van der Waals surface area (Å²) in [5.74, 6) is 0. The lowest BCUT2D eigenvalue weighted by Crippen LogP contribution is -2.41. The van der Waals surface area contributed by atoms with Crippen molar-refractivity contribution >= 4 is 11.3 Å². The van der Waals surface area contributed by atoms with Gasteiger partial charge in [0.25, 0.3) is 0 Å². The predicted octanol–water partition coefficient (Wildman–Crippen LogP) is 2.80. The van der Waals surface area contributed by atoms with Crippen molar-refractivity contribution in [3.8, 4) is 0 Å². The molecule has 2 aromatic rings. The van der Waals surface area contributed by atoms with Crippen LogP contribution in [0.4, 0.5) is 0 Å². The minimum absolute atomic E-state index is 0.112. The molecule has 0 amide bonds. The number of likely N-dealkylation sites (tertiary alicyclic amines) is 1. The van der Waals surface area contributed by atoms with Gasteiger partial charge in [0, 0.05) is 37.3 Å². The third-order valence-electron chi connectivity index (χ3n) is 4.79. The first kappa shape index (κ1) is 16.1. The molecule has 4 rings (SSSR count). The Labute approximate surface area is 146 Å². The standard InChI is InChI=1S/C18H23N3O2S/c1-13-20-15(12-24-13)11-23-17-10-21(9-14-5-2-3-7-19-14)16-6-4-8-22-18(16)17/h2-3,5,7,12,16-18H,4,6,8-11H2,1H3/t16-,17+,18+/m0/s1. The molecule has 2 saturated heterocycles. The van der Waals surface area contributed by atoms with Crippen LogP contribution in [0, 0.1) is 6.92 Å². The topological polar surface area (TPSA) is 47.5 Å². The summed E-state index contributed by atoms with van der Waals surface area (Å²) in [4.78, 5) is 11.4. The molecule has 2 aromatic heterocycles. The summed E-state index contributed by atoms with van der Waals surface area (Å²) in [6.45, 7) is 5.20. The first-order valence-corrected chi connectivity index (χ1v) is 9.46. The maximum Gasteiger partial charge on any atom is 0.100 e. The summed E-state index contributed by atoms with van der Waals surface area (Å²) >= 11 is 1.67. The molecular weight excluding hydrogens is 322 g/mol. The largest absolute Gasteiger partial charge is 0.374 e. The summed E-state index contributed by atoms with van der Waals surface area (Å²) in [7, 11) is 0. The fraction of sp³-hybridized carbons (Fsp3) is 0.556. The maximum absolute atomic E-state index is 6.20. The molecule has 0 bridgehead atoms. The van der Waals surface area contributed by atoms with Gasteiger partial charge in [0.15, 0.2) is 0 Å². The Morgan fingerprint density at radius 3 is 3.12 bits per heavy atom. The minimum atomic E-state index is 0.112. The van der Waals surface area contributed by atoms with E-state index in [2.05, 4.69) is 26.3 Å². The molecule has 0 radical (unpaired) electrons. The molecule has 0 aliphatic carbocycles. The van der Waals surface area contributed by atoms with Gasteiger partial charge in [-0.25, -0.2) is 4.98 Å². The third kappa shape index (κ3) is 3.52. The average Bonchev–Trinajstić information content (AvgIpc) is 3.18. The molecule has 2 aliphatic rings. The molecular formula is C18H23N3O2S. The average molecular weight is 345 g/mol. The Balaban J connectivity index is 1.42. The number of fused-ring (bicyclic) bond motifs is 1. The van der Waals surface area contributed by atoms with E-state index in [0.717, 1.165) is 42.5 Å². The van der Waals surface area contributed by atoms with E-state index >= 15 is 0 Å². The van der Waals surface area contributed by atoms with Gasteiger partial charge in [0.2, 0.25) is 0 Å². The number of rotatable bonds is 5. The zero-order valence-electron chi connectivity index (χ0n) is 13.9. The lowest BCUT2D eigenvalue weighted by atomic mass is 10.0. The molecule has 2 aliphatic heterocycles. The first-order chi connectivity index (χ1) is 11.8. The van der Waals surface area contributed by atoms with Crippen molar-refractivity contribution < 1.29 is 9.47 Å². The summed E-state index contributed by atoms with van der Waals surface area (Å²) < 4.78 is 12.3. The number of ether oxygens (including phenoxy) is 2. The Kier molecular flexibility index (Phi) is 4.89. The second-order valence-corrected chi connectivity index (χ2v) is 7.57. The number of nitrogens with zero attached hydrogens (tertiary/aromatic N) is 3. The molecule has 3 atom stereocenters. The molecule has 0 N–H and O–H groups in total. The summed E-state index contributed by atoms with van der Waals surface area (Å²) in [5.41, 5.74) is 2.13. The van der Waals surface area contributed by atoms with Crippen molar-refractivity contribution in [3.63, 3.8) is 0 Å². The molecule has 6 heteroatoms. The van der Waals surface area contributed by atoms with Crippen molar-refractivity contribution in [2.75, 3.05) is 13.2 Å². The number of thiazole rings is 1. The second-order valence-electron chi connectivity index (χ2n) is 6.50. The Morgan fingerprint density at radius 1 is 1.38 bits per heavy atom. The van der Waals surface area contributed by atoms with E-state index in [0.29, 0.717) is 12.6 Å². The fourth-order valence-corrected chi connectivity index (χ4v) is 4.30. The van der Waals surface area contributed by atoms with Crippen LogP contribution < -0.4 is 0 Å². The lowest BCUT2D eigenvalue weighted by Gasteiger charge is -2.32. The van der Waals surface area contributed by atoms with Crippen LogP contribution >= 0.6 is 11.3 Å². The van der Waals surface area contributed by atoms with Gasteiger partial charge in [-0.3, -0.25) is 9.88 Å². The van der Waals surface area contributed by atoms with Crippen LogP contribution in [0.3, 0.4) is 0 Å². The van der Waals surface area contributed by atoms with Crippen molar-refractivity contribution in [2.45, 2.75) is 51.2 Å². The van der Waals surface area contributed by atoms with Crippen LogP contribution in [0.1, 0.15) is 29.2 Å². The van der Waals surface area contributed by atoms with Crippen LogP contribution in [0.15, 0.2) is 29.8 Å². The highest BCUT2D eigenvalue weighted by Gasteiger charge is 2.44. The highest BCUT2D eigenvalue weighted by Crippen LogP contribution is 2.32. The van der Waals surface area contributed by atoms with Crippen LogP contribution in [-0.4, -0.2) is 46.3 Å². The van der Waals surface area contributed by atoms with Crippen molar-refractivity contribution in [2.24, 2.45) is 0 Å². The molecule has 24 heavy (non-hydrogen) atoms. The van der Waals surface area contributed by atoms with Crippen molar-refractivity contribution in [3.05, 3.63) is 46.2 Å². The minimum Gasteiger partial charge on any atom is -0.374 e.